The first-order chi connectivity index (χ1) is 9.09. The van der Waals surface area contributed by atoms with E-state index in [2.05, 4.69) is 32.6 Å². The van der Waals surface area contributed by atoms with Crippen LogP contribution in [-0.2, 0) is 0 Å². The lowest BCUT2D eigenvalue weighted by molar-refractivity contribution is 0.0161. The summed E-state index contributed by atoms with van der Waals surface area (Å²) in [6.45, 7) is 11.4. The third-order valence-corrected chi connectivity index (χ3v) is 5.23. The Bertz CT molecular complexity index is 229. The summed E-state index contributed by atoms with van der Waals surface area (Å²) >= 11 is 0. The van der Waals surface area contributed by atoms with Crippen molar-refractivity contribution in [3.05, 3.63) is 0 Å². The van der Waals surface area contributed by atoms with Gasteiger partial charge in [0.2, 0.25) is 0 Å². The maximum absolute atomic E-state index is 6.23. The van der Waals surface area contributed by atoms with E-state index in [1.54, 1.807) is 0 Å². The fourth-order valence-electron chi connectivity index (χ4n) is 3.81. The molecule has 0 unspecified atom stereocenters. The molecule has 114 valence electrons. The van der Waals surface area contributed by atoms with Crippen molar-refractivity contribution in [2.75, 3.05) is 13.1 Å². The Hall–Kier alpha value is -0.0800. The minimum atomic E-state index is 0.299. The Balaban J connectivity index is 2.67. The highest BCUT2D eigenvalue weighted by molar-refractivity contribution is 4.96. The molecule has 19 heavy (non-hydrogen) atoms. The van der Waals surface area contributed by atoms with Crippen LogP contribution in [0.5, 0.6) is 0 Å². The summed E-state index contributed by atoms with van der Waals surface area (Å²) in [7, 11) is 0. The van der Waals surface area contributed by atoms with Gasteiger partial charge >= 0.3 is 0 Å². The molecule has 2 heteroatoms. The Labute approximate surface area is 121 Å². The predicted octanol–water partition coefficient (Wildman–Crippen LogP) is 4.18. The highest BCUT2D eigenvalue weighted by Gasteiger charge is 2.39. The normalized spacial score (nSPS) is 28.3. The van der Waals surface area contributed by atoms with E-state index in [9.17, 15) is 0 Å². The number of unbranched alkanes of at least 4 members (excludes halogenated alkanes) is 2. The van der Waals surface area contributed by atoms with Gasteiger partial charge < -0.3 is 5.73 Å². The monoisotopic (exact) mass is 268 g/mol. The molecule has 0 bridgehead atoms. The lowest BCUT2D eigenvalue weighted by Gasteiger charge is -2.49. The molecule has 1 fully saturated rings. The van der Waals surface area contributed by atoms with Gasteiger partial charge in [0, 0.05) is 18.1 Å². The van der Waals surface area contributed by atoms with E-state index in [1.807, 2.05) is 0 Å². The van der Waals surface area contributed by atoms with Crippen molar-refractivity contribution in [1.82, 2.24) is 4.90 Å². The average molecular weight is 268 g/mol. The quantitative estimate of drug-likeness (QED) is 0.669. The van der Waals surface area contributed by atoms with Gasteiger partial charge in [0.05, 0.1) is 0 Å². The standard InChI is InChI=1S/C17H36N2/c1-5-7-8-13-19(15(3)4)17(14-18)11-9-16(6-2)10-12-17/h15-16H,5-14,18H2,1-4H3. The van der Waals surface area contributed by atoms with E-state index in [0.717, 1.165) is 12.5 Å². The molecule has 0 atom stereocenters. The molecule has 0 heterocycles. The van der Waals surface area contributed by atoms with Crippen molar-refractivity contribution in [3.63, 3.8) is 0 Å². The van der Waals surface area contributed by atoms with E-state index in [4.69, 9.17) is 5.73 Å². The first-order valence-corrected chi connectivity index (χ1v) is 8.56. The van der Waals surface area contributed by atoms with Crippen molar-refractivity contribution in [1.29, 1.82) is 0 Å². The van der Waals surface area contributed by atoms with Crippen molar-refractivity contribution in [2.45, 2.75) is 90.6 Å². The number of hydrogen-bond donors (Lipinski definition) is 1. The molecule has 0 aromatic carbocycles. The first kappa shape index (κ1) is 17.0. The maximum Gasteiger partial charge on any atom is 0.0334 e. The zero-order valence-corrected chi connectivity index (χ0v) is 13.8. The highest BCUT2D eigenvalue weighted by Crippen LogP contribution is 2.38. The van der Waals surface area contributed by atoms with Crippen LogP contribution in [0.4, 0.5) is 0 Å². The molecule has 0 aromatic heterocycles. The molecule has 0 saturated heterocycles. The third-order valence-electron chi connectivity index (χ3n) is 5.23. The van der Waals surface area contributed by atoms with Gasteiger partial charge in [-0.15, -0.1) is 0 Å². The molecule has 0 aromatic rings. The molecule has 1 saturated carbocycles. The van der Waals surface area contributed by atoms with Crippen LogP contribution in [-0.4, -0.2) is 29.6 Å². The SMILES string of the molecule is CCCCCN(C(C)C)C1(CN)CCC(CC)CC1. The van der Waals surface area contributed by atoms with Crippen molar-refractivity contribution in [2.24, 2.45) is 11.7 Å². The molecule has 1 aliphatic carbocycles. The van der Waals surface area contributed by atoms with E-state index >= 15 is 0 Å². The van der Waals surface area contributed by atoms with Gasteiger partial charge in [0.25, 0.3) is 0 Å². The smallest absolute Gasteiger partial charge is 0.0334 e. The van der Waals surface area contributed by atoms with Gasteiger partial charge in [0.1, 0.15) is 0 Å². The van der Waals surface area contributed by atoms with Gasteiger partial charge in [-0.3, -0.25) is 4.90 Å². The summed E-state index contributed by atoms with van der Waals surface area (Å²) in [5, 5.41) is 0. The van der Waals surface area contributed by atoms with E-state index in [1.165, 1.54) is 57.9 Å². The van der Waals surface area contributed by atoms with Gasteiger partial charge in [-0.05, 0) is 58.4 Å². The minimum absolute atomic E-state index is 0.299. The molecule has 0 radical (unpaired) electrons. The van der Waals surface area contributed by atoms with Crippen molar-refractivity contribution < 1.29 is 0 Å². The summed E-state index contributed by atoms with van der Waals surface area (Å²) in [4.78, 5) is 2.73. The zero-order valence-electron chi connectivity index (χ0n) is 13.8. The van der Waals surface area contributed by atoms with Crippen LogP contribution >= 0.6 is 0 Å². The summed E-state index contributed by atoms with van der Waals surface area (Å²) in [6.07, 6.45) is 10.7. The second kappa shape index (κ2) is 8.26. The number of hydrogen-bond acceptors (Lipinski definition) is 2. The summed E-state index contributed by atoms with van der Waals surface area (Å²) in [6, 6.07) is 0.624. The van der Waals surface area contributed by atoms with Crippen LogP contribution < -0.4 is 5.73 Å². The number of nitrogens with two attached hydrogens (primary N) is 1. The highest BCUT2D eigenvalue weighted by atomic mass is 15.2. The second-order valence-corrected chi connectivity index (χ2v) is 6.77. The van der Waals surface area contributed by atoms with Gasteiger partial charge in [0.15, 0.2) is 0 Å². The average Bonchev–Trinajstić information content (AvgIpc) is 2.43. The molecular formula is C17H36N2. The third kappa shape index (κ3) is 4.46. The van der Waals surface area contributed by atoms with Crippen molar-refractivity contribution >= 4 is 0 Å². The van der Waals surface area contributed by atoms with E-state index in [-0.39, 0.29) is 0 Å². The maximum atomic E-state index is 6.23. The number of nitrogens with zero attached hydrogens (tertiary/aromatic N) is 1. The van der Waals surface area contributed by atoms with Crippen LogP contribution in [0.25, 0.3) is 0 Å². The van der Waals surface area contributed by atoms with Crippen LogP contribution in [0, 0.1) is 5.92 Å². The van der Waals surface area contributed by atoms with Crippen LogP contribution in [0.3, 0.4) is 0 Å². The summed E-state index contributed by atoms with van der Waals surface area (Å²) in [5.41, 5.74) is 6.53. The summed E-state index contributed by atoms with van der Waals surface area (Å²) in [5.74, 6) is 0.948. The van der Waals surface area contributed by atoms with Crippen LogP contribution in [0.1, 0.15) is 79.1 Å². The molecule has 0 amide bonds. The van der Waals surface area contributed by atoms with Gasteiger partial charge in [-0.2, -0.15) is 0 Å². The molecular weight excluding hydrogens is 232 g/mol. The molecule has 1 rings (SSSR count). The number of rotatable bonds is 8. The molecule has 0 spiro atoms. The molecule has 2 nitrogen and oxygen atoms in total. The Kier molecular flexibility index (Phi) is 7.38. The summed E-state index contributed by atoms with van der Waals surface area (Å²) < 4.78 is 0. The Morgan fingerprint density at radius 2 is 1.79 bits per heavy atom. The van der Waals surface area contributed by atoms with E-state index < -0.39 is 0 Å². The van der Waals surface area contributed by atoms with Crippen LogP contribution in [0.15, 0.2) is 0 Å². The minimum Gasteiger partial charge on any atom is -0.329 e. The second-order valence-electron chi connectivity index (χ2n) is 6.77. The zero-order chi connectivity index (χ0) is 14.3. The lowest BCUT2D eigenvalue weighted by atomic mass is 9.74. The van der Waals surface area contributed by atoms with E-state index in [0.29, 0.717) is 11.6 Å². The molecule has 2 N–H and O–H groups in total. The van der Waals surface area contributed by atoms with Crippen molar-refractivity contribution in [3.8, 4) is 0 Å². The molecule has 1 aliphatic rings. The predicted molar refractivity (Wildman–Crippen MR) is 85.4 cm³/mol. The topological polar surface area (TPSA) is 29.3 Å². The Morgan fingerprint density at radius 3 is 2.21 bits per heavy atom. The molecule has 0 aliphatic heterocycles. The fraction of sp³-hybridized carbons (Fsp3) is 1.00. The lowest BCUT2D eigenvalue weighted by Crippen LogP contribution is -2.58. The van der Waals surface area contributed by atoms with Gasteiger partial charge in [-0.1, -0.05) is 33.1 Å². The van der Waals surface area contributed by atoms with Gasteiger partial charge in [-0.25, -0.2) is 0 Å². The fourth-order valence-corrected chi connectivity index (χ4v) is 3.81. The Morgan fingerprint density at radius 1 is 1.16 bits per heavy atom. The largest absolute Gasteiger partial charge is 0.329 e. The first-order valence-electron chi connectivity index (χ1n) is 8.56. The van der Waals surface area contributed by atoms with Crippen LogP contribution in [0.2, 0.25) is 0 Å².